The first-order chi connectivity index (χ1) is 9.70. The molecule has 1 N–H and O–H groups in total. The Bertz CT molecular complexity index is 594. The molecule has 2 aromatic rings. The number of aromatic hydroxyl groups is 1. The van der Waals surface area contributed by atoms with Crippen molar-refractivity contribution < 1.29 is 14.7 Å². The van der Waals surface area contributed by atoms with Crippen LogP contribution < -0.4 is 4.74 Å². The lowest BCUT2D eigenvalue weighted by Gasteiger charge is -2.04. The fourth-order valence-electron chi connectivity index (χ4n) is 1.64. The third kappa shape index (κ3) is 3.47. The molecule has 0 atom stereocenters. The van der Waals surface area contributed by atoms with E-state index in [0.29, 0.717) is 18.0 Å². The SMILES string of the molecule is COc1ccc(CON=C(C)c2ncccc2O)cc1. The van der Waals surface area contributed by atoms with E-state index in [1.807, 2.05) is 24.3 Å². The van der Waals surface area contributed by atoms with Crippen molar-refractivity contribution in [3.63, 3.8) is 0 Å². The molecular weight excluding hydrogens is 256 g/mol. The Balaban J connectivity index is 1.97. The zero-order valence-electron chi connectivity index (χ0n) is 11.4. The number of ether oxygens (including phenoxy) is 1. The number of benzene rings is 1. The molecule has 0 saturated heterocycles. The Morgan fingerprint density at radius 1 is 1.25 bits per heavy atom. The number of nitrogens with zero attached hydrogens (tertiary/aromatic N) is 2. The molecule has 0 aliphatic carbocycles. The van der Waals surface area contributed by atoms with Crippen LogP contribution in [-0.2, 0) is 11.4 Å². The van der Waals surface area contributed by atoms with Gasteiger partial charge in [-0.05, 0) is 36.8 Å². The van der Waals surface area contributed by atoms with Crippen LogP contribution >= 0.6 is 0 Å². The first kappa shape index (κ1) is 13.9. The van der Waals surface area contributed by atoms with Crippen molar-refractivity contribution in [1.29, 1.82) is 0 Å². The van der Waals surface area contributed by atoms with E-state index in [9.17, 15) is 5.11 Å². The molecule has 0 bridgehead atoms. The minimum atomic E-state index is 0.0850. The number of pyridine rings is 1. The maximum Gasteiger partial charge on any atom is 0.143 e. The molecule has 0 spiro atoms. The molecule has 0 radical (unpaired) electrons. The fraction of sp³-hybridized carbons (Fsp3) is 0.200. The van der Waals surface area contributed by atoms with Gasteiger partial charge in [0, 0.05) is 6.20 Å². The van der Waals surface area contributed by atoms with Gasteiger partial charge in [-0.15, -0.1) is 0 Å². The topological polar surface area (TPSA) is 63.9 Å². The Morgan fingerprint density at radius 3 is 2.65 bits per heavy atom. The molecule has 1 aromatic carbocycles. The Kier molecular flexibility index (Phi) is 4.55. The molecule has 5 heteroatoms. The van der Waals surface area contributed by atoms with Crippen molar-refractivity contribution in [2.45, 2.75) is 13.5 Å². The summed E-state index contributed by atoms with van der Waals surface area (Å²) in [6.07, 6.45) is 1.59. The van der Waals surface area contributed by atoms with Gasteiger partial charge >= 0.3 is 0 Å². The lowest BCUT2D eigenvalue weighted by atomic mass is 10.2. The van der Waals surface area contributed by atoms with Gasteiger partial charge in [-0.1, -0.05) is 17.3 Å². The van der Waals surface area contributed by atoms with Crippen LogP contribution in [0, 0.1) is 0 Å². The van der Waals surface area contributed by atoms with E-state index in [4.69, 9.17) is 9.57 Å². The van der Waals surface area contributed by atoms with E-state index in [1.54, 1.807) is 32.4 Å². The van der Waals surface area contributed by atoms with Crippen LogP contribution in [0.2, 0.25) is 0 Å². The van der Waals surface area contributed by atoms with Crippen molar-refractivity contribution in [3.05, 3.63) is 53.9 Å². The molecule has 104 valence electrons. The molecule has 0 saturated carbocycles. The lowest BCUT2D eigenvalue weighted by molar-refractivity contribution is 0.130. The summed E-state index contributed by atoms with van der Waals surface area (Å²) in [4.78, 5) is 9.31. The second kappa shape index (κ2) is 6.56. The third-order valence-electron chi connectivity index (χ3n) is 2.72. The zero-order valence-corrected chi connectivity index (χ0v) is 11.4. The quantitative estimate of drug-likeness (QED) is 0.671. The normalized spacial score (nSPS) is 11.2. The summed E-state index contributed by atoms with van der Waals surface area (Å²) in [5, 5.41) is 13.6. The van der Waals surface area contributed by atoms with Gasteiger partial charge in [0.2, 0.25) is 0 Å². The maximum atomic E-state index is 9.64. The highest BCUT2D eigenvalue weighted by atomic mass is 16.6. The predicted molar refractivity (Wildman–Crippen MR) is 75.9 cm³/mol. The molecule has 2 rings (SSSR count). The molecule has 0 fully saturated rings. The first-order valence-electron chi connectivity index (χ1n) is 6.14. The van der Waals surface area contributed by atoms with E-state index >= 15 is 0 Å². The second-order valence-corrected chi connectivity index (χ2v) is 4.17. The number of methoxy groups -OCH3 is 1. The van der Waals surface area contributed by atoms with E-state index in [1.165, 1.54) is 0 Å². The molecule has 0 amide bonds. The summed E-state index contributed by atoms with van der Waals surface area (Å²) in [5.74, 6) is 0.883. The molecule has 20 heavy (non-hydrogen) atoms. The molecule has 0 aliphatic rings. The van der Waals surface area contributed by atoms with Gasteiger partial charge < -0.3 is 14.7 Å². The van der Waals surface area contributed by atoms with E-state index < -0.39 is 0 Å². The smallest absolute Gasteiger partial charge is 0.143 e. The van der Waals surface area contributed by atoms with Gasteiger partial charge in [-0.2, -0.15) is 0 Å². The van der Waals surface area contributed by atoms with Crippen LogP contribution in [0.5, 0.6) is 11.5 Å². The summed E-state index contributed by atoms with van der Waals surface area (Å²) in [7, 11) is 1.62. The first-order valence-corrected chi connectivity index (χ1v) is 6.14. The van der Waals surface area contributed by atoms with Crippen LogP contribution in [0.1, 0.15) is 18.2 Å². The average Bonchev–Trinajstić information content (AvgIpc) is 2.48. The van der Waals surface area contributed by atoms with Crippen molar-refractivity contribution in [1.82, 2.24) is 4.98 Å². The van der Waals surface area contributed by atoms with Crippen molar-refractivity contribution in [3.8, 4) is 11.5 Å². The highest BCUT2D eigenvalue weighted by molar-refractivity contribution is 5.98. The van der Waals surface area contributed by atoms with E-state index in [0.717, 1.165) is 11.3 Å². The summed E-state index contributed by atoms with van der Waals surface area (Å²) in [6, 6.07) is 10.7. The molecule has 1 heterocycles. The van der Waals surface area contributed by atoms with Gasteiger partial charge in [-0.3, -0.25) is 4.98 Å². The summed E-state index contributed by atoms with van der Waals surface area (Å²) < 4.78 is 5.08. The van der Waals surface area contributed by atoms with Crippen LogP contribution in [0.4, 0.5) is 0 Å². The number of hydrogen-bond acceptors (Lipinski definition) is 5. The highest BCUT2D eigenvalue weighted by Crippen LogP contribution is 2.15. The predicted octanol–water partition coefficient (Wildman–Crippen LogP) is 2.74. The Hall–Kier alpha value is -2.56. The fourth-order valence-corrected chi connectivity index (χ4v) is 1.64. The average molecular weight is 272 g/mol. The minimum Gasteiger partial charge on any atom is -0.506 e. The zero-order chi connectivity index (χ0) is 14.4. The van der Waals surface area contributed by atoms with Gasteiger partial charge in [0.25, 0.3) is 0 Å². The number of oxime groups is 1. The van der Waals surface area contributed by atoms with Crippen LogP contribution in [0.3, 0.4) is 0 Å². The van der Waals surface area contributed by atoms with Gasteiger partial charge in [0.1, 0.15) is 29.5 Å². The third-order valence-corrected chi connectivity index (χ3v) is 2.72. The van der Waals surface area contributed by atoms with Gasteiger partial charge in [0.05, 0.1) is 7.11 Å². The van der Waals surface area contributed by atoms with Gasteiger partial charge in [-0.25, -0.2) is 0 Å². The largest absolute Gasteiger partial charge is 0.506 e. The monoisotopic (exact) mass is 272 g/mol. The number of hydrogen-bond donors (Lipinski definition) is 1. The molecule has 0 unspecified atom stereocenters. The summed E-state index contributed by atoms with van der Waals surface area (Å²) >= 11 is 0. The Morgan fingerprint density at radius 2 is 2.00 bits per heavy atom. The number of rotatable bonds is 5. The van der Waals surface area contributed by atoms with E-state index in [-0.39, 0.29) is 5.75 Å². The second-order valence-electron chi connectivity index (χ2n) is 4.17. The van der Waals surface area contributed by atoms with Crippen LogP contribution in [0.25, 0.3) is 0 Å². The van der Waals surface area contributed by atoms with E-state index in [2.05, 4.69) is 10.1 Å². The van der Waals surface area contributed by atoms with Crippen molar-refractivity contribution in [2.24, 2.45) is 5.16 Å². The standard InChI is InChI=1S/C15H16N2O3/c1-11(15-14(18)4-3-9-16-15)17-20-10-12-5-7-13(19-2)8-6-12/h3-9,18H,10H2,1-2H3. The molecular formula is C15H16N2O3. The number of aromatic nitrogens is 1. The summed E-state index contributed by atoms with van der Waals surface area (Å²) in [6.45, 7) is 2.07. The molecule has 1 aromatic heterocycles. The summed E-state index contributed by atoms with van der Waals surface area (Å²) in [5.41, 5.74) is 1.92. The maximum absolute atomic E-state index is 9.64. The van der Waals surface area contributed by atoms with Crippen LogP contribution in [-0.4, -0.2) is 22.9 Å². The van der Waals surface area contributed by atoms with Crippen molar-refractivity contribution >= 4 is 5.71 Å². The molecule has 5 nitrogen and oxygen atoms in total. The van der Waals surface area contributed by atoms with Crippen LogP contribution in [0.15, 0.2) is 47.8 Å². The lowest BCUT2D eigenvalue weighted by Crippen LogP contribution is -2.00. The highest BCUT2D eigenvalue weighted by Gasteiger charge is 2.05. The van der Waals surface area contributed by atoms with Crippen molar-refractivity contribution in [2.75, 3.05) is 7.11 Å². The molecule has 0 aliphatic heterocycles. The minimum absolute atomic E-state index is 0.0850. The Labute approximate surface area is 117 Å². The van der Waals surface area contributed by atoms with Gasteiger partial charge in [0.15, 0.2) is 0 Å².